The van der Waals surface area contributed by atoms with Crippen LogP contribution in [0.2, 0.25) is 0 Å². The highest BCUT2D eigenvalue weighted by atomic mass is 16.6. The lowest BCUT2D eigenvalue weighted by Gasteiger charge is -2.34. The number of nitrogens with zero attached hydrogens (tertiary/aromatic N) is 1. The molecule has 0 radical (unpaired) electrons. The first-order chi connectivity index (χ1) is 9.03. The number of rotatable bonds is 2. The van der Waals surface area contributed by atoms with Gasteiger partial charge >= 0.3 is 12.1 Å². The molecule has 1 N–H and O–H groups in total. The van der Waals surface area contributed by atoms with Gasteiger partial charge in [-0.15, -0.1) is 0 Å². The Morgan fingerprint density at radius 3 is 2.30 bits per heavy atom. The third-order valence-corrected chi connectivity index (χ3v) is 2.89. The zero-order chi connectivity index (χ0) is 15.7. The number of methoxy groups -OCH3 is 1. The Hall–Kier alpha value is -1.34. The molecule has 7 nitrogen and oxygen atoms in total. The maximum Gasteiger partial charge on any atom is 0.413 e. The molecule has 0 aromatic heterocycles. The molecule has 1 amide bonds. The highest BCUT2D eigenvalue weighted by Gasteiger charge is 2.54. The van der Waals surface area contributed by atoms with Crippen molar-refractivity contribution in [3.8, 4) is 0 Å². The molecule has 1 rings (SSSR count). The van der Waals surface area contributed by atoms with Crippen molar-refractivity contribution in [1.29, 1.82) is 0 Å². The number of hydrogen-bond donors (Lipinski definition) is 1. The summed E-state index contributed by atoms with van der Waals surface area (Å²) < 4.78 is 15.5. The Balaban J connectivity index is 3.03. The molecule has 0 aliphatic carbocycles. The van der Waals surface area contributed by atoms with Crippen molar-refractivity contribution in [2.75, 3.05) is 13.7 Å². The van der Waals surface area contributed by atoms with Gasteiger partial charge in [-0.25, -0.2) is 9.59 Å². The molecule has 1 aliphatic heterocycles. The zero-order valence-electron chi connectivity index (χ0n) is 12.8. The van der Waals surface area contributed by atoms with E-state index in [1.54, 1.807) is 34.6 Å². The Morgan fingerprint density at radius 2 is 1.90 bits per heavy atom. The molecular formula is C13H23NO6. The highest BCUT2D eigenvalue weighted by Crippen LogP contribution is 2.34. The molecule has 1 heterocycles. The lowest BCUT2D eigenvalue weighted by atomic mass is 10.1. The molecule has 0 saturated carbocycles. The molecule has 20 heavy (non-hydrogen) atoms. The molecular weight excluding hydrogens is 266 g/mol. The van der Waals surface area contributed by atoms with Crippen molar-refractivity contribution in [1.82, 2.24) is 4.90 Å². The number of aliphatic hydroxyl groups is 1. The van der Waals surface area contributed by atoms with Crippen LogP contribution in [0.5, 0.6) is 0 Å². The van der Waals surface area contributed by atoms with Crippen molar-refractivity contribution in [2.45, 2.75) is 58.1 Å². The highest BCUT2D eigenvalue weighted by molar-refractivity contribution is 5.78. The fraction of sp³-hybridized carbons (Fsp3) is 0.846. The summed E-state index contributed by atoms with van der Waals surface area (Å²) in [6.45, 7) is 8.04. The van der Waals surface area contributed by atoms with Gasteiger partial charge in [-0.3, -0.25) is 4.90 Å². The molecule has 1 aliphatic rings. The van der Waals surface area contributed by atoms with Gasteiger partial charge in [-0.2, -0.15) is 0 Å². The first-order valence-corrected chi connectivity index (χ1v) is 6.42. The summed E-state index contributed by atoms with van der Waals surface area (Å²) in [5.74, 6) is -0.636. The maximum atomic E-state index is 12.3. The summed E-state index contributed by atoms with van der Waals surface area (Å²) in [7, 11) is 1.23. The van der Waals surface area contributed by atoms with Crippen molar-refractivity contribution < 1.29 is 28.9 Å². The van der Waals surface area contributed by atoms with Crippen LogP contribution in [-0.4, -0.2) is 59.3 Å². The first-order valence-electron chi connectivity index (χ1n) is 6.42. The van der Waals surface area contributed by atoms with Gasteiger partial charge in [0.25, 0.3) is 0 Å². The molecule has 0 spiro atoms. The number of amides is 1. The van der Waals surface area contributed by atoms with E-state index in [0.29, 0.717) is 0 Å². The van der Waals surface area contributed by atoms with Gasteiger partial charge < -0.3 is 19.3 Å². The van der Waals surface area contributed by atoms with Crippen LogP contribution in [0.1, 0.15) is 34.6 Å². The minimum Gasteiger partial charge on any atom is -0.467 e. The van der Waals surface area contributed by atoms with Crippen LogP contribution >= 0.6 is 0 Å². The summed E-state index contributed by atoms with van der Waals surface area (Å²) in [4.78, 5) is 25.2. The normalized spacial score (nSPS) is 25.4. The topological polar surface area (TPSA) is 85.3 Å². The molecule has 2 atom stereocenters. The van der Waals surface area contributed by atoms with Crippen LogP contribution in [0.4, 0.5) is 4.79 Å². The molecule has 1 saturated heterocycles. The summed E-state index contributed by atoms with van der Waals surface area (Å²) >= 11 is 0. The molecule has 0 aromatic carbocycles. The van der Waals surface area contributed by atoms with Crippen LogP contribution < -0.4 is 0 Å². The van der Waals surface area contributed by atoms with Crippen LogP contribution in [0.25, 0.3) is 0 Å². The maximum absolute atomic E-state index is 12.3. The van der Waals surface area contributed by atoms with E-state index in [4.69, 9.17) is 9.47 Å². The predicted molar refractivity (Wildman–Crippen MR) is 69.9 cm³/mol. The Morgan fingerprint density at radius 1 is 1.35 bits per heavy atom. The molecule has 0 bridgehead atoms. The van der Waals surface area contributed by atoms with Gasteiger partial charge in [-0.05, 0) is 34.6 Å². The van der Waals surface area contributed by atoms with E-state index in [1.165, 1.54) is 12.0 Å². The van der Waals surface area contributed by atoms with Crippen molar-refractivity contribution in [3.05, 3.63) is 0 Å². The van der Waals surface area contributed by atoms with Gasteiger partial charge in [-0.1, -0.05) is 0 Å². The third-order valence-electron chi connectivity index (χ3n) is 2.89. The fourth-order valence-corrected chi connectivity index (χ4v) is 2.15. The second kappa shape index (κ2) is 5.57. The minimum atomic E-state index is -1.07. The third kappa shape index (κ3) is 3.40. The van der Waals surface area contributed by atoms with Gasteiger partial charge in [0.2, 0.25) is 0 Å². The van der Waals surface area contributed by atoms with Gasteiger partial charge in [0.1, 0.15) is 11.3 Å². The van der Waals surface area contributed by atoms with Gasteiger partial charge in [0.15, 0.2) is 6.10 Å². The Bertz CT molecular complexity index is 387. The fourth-order valence-electron chi connectivity index (χ4n) is 2.15. The van der Waals surface area contributed by atoms with Crippen molar-refractivity contribution >= 4 is 12.1 Å². The second-order valence-corrected chi connectivity index (χ2v) is 6.11. The van der Waals surface area contributed by atoms with Crippen LogP contribution in [0, 0.1) is 0 Å². The lowest BCUT2D eigenvalue weighted by molar-refractivity contribution is -0.158. The summed E-state index contributed by atoms with van der Waals surface area (Å²) in [5, 5.41) is 9.49. The molecule has 0 aromatic rings. The first kappa shape index (κ1) is 16.7. The van der Waals surface area contributed by atoms with E-state index >= 15 is 0 Å². The zero-order valence-corrected chi connectivity index (χ0v) is 12.8. The average Bonchev–Trinajstić information content (AvgIpc) is 2.56. The number of aliphatic hydroxyl groups excluding tert-OH is 1. The van der Waals surface area contributed by atoms with E-state index in [-0.39, 0.29) is 0 Å². The second-order valence-electron chi connectivity index (χ2n) is 6.11. The van der Waals surface area contributed by atoms with Crippen molar-refractivity contribution in [2.24, 2.45) is 0 Å². The molecule has 0 unspecified atom stereocenters. The number of hydrogen-bond acceptors (Lipinski definition) is 6. The SMILES string of the molecule is COC(=O)[C@H]1OC(C)(C)N(C(=O)OC(C)(C)C)[C@@H]1CO. The van der Waals surface area contributed by atoms with Gasteiger partial charge in [0.05, 0.1) is 19.8 Å². The summed E-state index contributed by atoms with van der Waals surface area (Å²) in [5.41, 5.74) is -1.76. The lowest BCUT2D eigenvalue weighted by Crippen LogP contribution is -2.52. The molecule has 1 fully saturated rings. The quantitative estimate of drug-likeness (QED) is 0.760. The van der Waals surface area contributed by atoms with Gasteiger partial charge in [0, 0.05) is 0 Å². The van der Waals surface area contributed by atoms with Crippen LogP contribution in [-0.2, 0) is 19.0 Å². The summed E-state index contributed by atoms with van der Waals surface area (Å²) in [6, 6.07) is -0.840. The average molecular weight is 289 g/mol. The monoisotopic (exact) mass is 289 g/mol. The van der Waals surface area contributed by atoms with E-state index in [9.17, 15) is 14.7 Å². The smallest absolute Gasteiger partial charge is 0.413 e. The van der Waals surface area contributed by atoms with Crippen LogP contribution in [0.3, 0.4) is 0 Å². The van der Waals surface area contributed by atoms with E-state index in [1.807, 2.05) is 0 Å². The number of carbonyl (C=O) groups excluding carboxylic acids is 2. The minimum absolute atomic E-state index is 0.428. The van der Waals surface area contributed by atoms with E-state index in [0.717, 1.165) is 0 Å². The number of esters is 1. The largest absolute Gasteiger partial charge is 0.467 e. The number of carbonyl (C=O) groups is 2. The number of ether oxygens (including phenoxy) is 3. The Kier molecular flexibility index (Phi) is 4.66. The van der Waals surface area contributed by atoms with E-state index < -0.39 is 42.1 Å². The predicted octanol–water partition coefficient (Wildman–Crippen LogP) is 0.892. The van der Waals surface area contributed by atoms with E-state index in [2.05, 4.69) is 4.74 Å². The molecule has 116 valence electrons. The van der Waals surface area contributed by atoms with Crippen LogP contribution in [0.15, 0.2) is 0 Å². The van der Waals surface area contributed by atoms with Crippen molar-refractivity contribution in [3.63, 3.8) is 0 Å². The standard InChI is InChI=1S/C13H23NO6/c1-12(2,3)20-11(17)14-8(7-15)9(10(16)18-6)19-13(14,4)5/h8-9,15H,7H2,1-6H3/t8-,9+/m1/s1. The Labute approximate surface area is 118 Å². The summed E-state index contributed by atoms with van der Waals surface area (Å²) in [6.07, 6.45) is -1.68. The molecule has 7 heteroatoms.